The normalized spacial score (nSPS) is 9.85. The number of ether oxygens (including phenoxy) is 1. The Labute approximate surface area is 79.2 Å². The van der Waals surface area contributed by atoms with Crippen LogP contribution in [0.3, 0.4) is 0 Å². The van der Waals surface area contributed by atoms with Gasteiger partial charge in [-0.25, -0.2) is 4.79 Å². The molecule has 3 N–H and O–H groups in total. The van der Waals surface area contributed by atoms with Gasteiger partial charge in [0.05, 0.1) is 5.69 Å². The number of nitrogens with one attached hydrogen (secondary N) is 1. The van der Waals surface area contributed by atoms with Crippen LogP contribution in [0.2, 0.25) is 0 Å². The van der Waals surface area contributed by atoms with Crippen molar-refractivity contribution in [3.05, 3.63) is 11.1 Å². The van der Waals surface area contributed by atoms with Crippen LogP contribution in [0.15, 0.2) is 5.38 Å². The zero-order valence-electron chi connectivity index (χ0n) is 6.90. The molecular weight excluding hydrogens is 192 g/mol. The first-order chi connectivity index (χ1) is 6.29. The molecule has 0 spiro atoms. The third-order valence-electron chi connectivity index (χ3n) is 1.23. The number of rotatable bonds is 5. The Morgan fingerprint density at radius 1 is 1.77 bits per heavy atom. The molecule has 0 unspecified atom stereocenters. The number of nitrogens with zero attached hydrogens (tertiary/aromatic N) is 2. The Bertz CT molecular complexity index is 251. The molecule has 0 aliphatic rings. The van der Waals surface area contributed by atoms with E-state index >= 15 is 0 Å². The van der Waals surface area contributed by atoms with Gasteiger partial charge < -0.3 is 15.8 Å². The number of nitrogens with two attached hydrogens (primary N) is 1. The van der Waals surface area contributed by atoms with Gasteiger partial charge in [0.1, 0.15) is 6.61 Å². The van der Waals surface area contributed by atoms with Crippen molar-refractivity contribution in [1.82, 2.24) is 14.9 Å². The fraction of sp³-hybridized carbons (Fsp3) is 0.500. The Kier molecular flexibility index (Phi) is 4.13. The van der Waals surface area contributed by atoms with Crippen molar-refractivity contribution in [2.45, 2.75) is 6.54 Å². The third kappa shape index (κ3) is 4.38. The lowest BCUT2D eigenvalue weighted by atomic mass is 10.5. The molecule has 7 heteroatoms. The molecule has 0 atom stereocenters. The van der Waals surface area contributed by atoms with E-state index in [0.717, 1.165) is 5.69 Å². The second kappa shape index (κ2) is 5.44. The second-order valence-electron chi connectivity index (χ2n) is 2.24. The van der Waals surface area contributed by atoms with Gasteiger partial charge in [-0.1, -0.05) is 4.49 Å². The van der Waals surface area contributed by atoms with E-state index in [4.69, 9.17) is 5.73 Å². The van der Waals surface area contributed by atoms with E-state index in [9.17, 15) is 4.79 Å². The molecule has 1 heterocycles. The lowest BCUT2D eigenvalue weighted by molar-refractivity contribution is 0.157. The van der Waals surface area contributed by atoms with Gasteiger partial charge in [-0.3, -0.25) is 0 Å². The zero-order chi connectivity index (χ0) is 9.52. The van der Waals surface area contributed by atoms with Gasteiger partial charge in [0.2, 0.25) is 0 Å². The highest BCUT2D eigenvalue weighted by Gasteiger charge is 1.96. The van der Waals surface area contributed by atoms with Crippen molar-refractivity contribution in [1.29, 1.82) is 0 Å². The molecule has 1 rings (SSSR count). The lowest BCUT2D eigenvalue weighted by Crippen LogP contribution is -2.23. The maximum Gasteiger partial charge on any atom is 0.404 e. The number of aromatic nitrogens is 2. The predicted octanol–water partition coefficient (Wildman–Crippen LogP) is -0.277. The van der Waals surface area contributed by atoms with Crippen molar-refractivity contribution >= 4 is 17.6 Å². The molecule has 1 aromatic heterocycles. The summed E-state index contributed by atoms with van der Waals surface area (Å²) in [5.41, 5.74) is 5.64. The molecule has 6 nitrogen and oxygen atoms in total. The third-order valence-corrected chi connectivity index (χ3v) is 1.79. The summed E-state index contributed by atoms with van der Waals surface area (Å²) in [6.45, 7) is 1.45. The summed E-state index contributed by atoms with van der Waals surface area (Å²) in [7, 11) is 0. The van der Waals surface area contributed by atoms with E-state index in [1.54, 1.807) is 0 Å². The van der Waals surface area contributed by atoms with Crippen LogP contribution in [0.4, 0.5) is 4.79 Å². The van der Waals surface area contributed by atoms with Crippen molar-refractivity contribution in [2.75, 3.05) is 13.2 Å². The summed E-state index contributed by atoms with van der Waals surface area (Å²) in [5, 5.41) is 8.69. The van der Waals surface area contributed by atoms with Gasteiger partial charge in [0.15, 0.2) is 0 Å². The number of amides is 1. The van der Waals surface area contributed by atoms with Crippen LogP contribution in [0.5, 0.6) is 0 Å². The van der Waals surface area contributed by atoms with Crippen LogP contribution >= 0.6 is 11.5 Å². The minimum Gasteiger partial charge on any atom is -0.448 e. The summed E-state index contributed by atoms with van der Waals surface area (Å²) in [6.07, 6.45) is -0.753. The summed E-state index contributed by atoms with van der Waals surface area (Å²) < 4.78 is 8.20. The monoisotopic (exact) mass is 202 g/mol. The molecule has 0 aliphatic carbocycles. The van der Waals surface area contributed by atoms with Gasteiger partial charge in [-0.2, -0.15) is 0 Å². The van der Waals surface area contributed by atoms with Gasteiger partial charge in [-0.05, 0) is 11.5 Å². The number of hydrogen-bond donors (Lipinski definition) is 2. The van der Waals surface area contributed by atoms with Crippen molar-refractivity contribution in [2.24, 2.45) is 5.73 Å². The molecular formula is C6H10N4O2S. The first-order valence-corrected chi connectivity index (χ1v) is 4.51. The number of carbonyl (C=O) groups excluding carboxylic acids is 1. The largest absolute Gasteiger partial charge is 0.448 e. The highest BCUT2D eigenvalue weighted by atomic mass is 32.1. The van der Waals surface area contributed by atoms with Gasteiger partial charge in [0.25, 0.3) is 0 Å². The maximum absolute atomic E-state index is 10.1. The molecule has 0 aliphatic heterocycles. The minimum absolute atomic E-state index is 0.271. The SMILES string of the molecule is NC(=O)OCCNCc1csnn1. The van der Waals surface area contributed by atoms with E-state index in [0.29, 0.717) is 13.1 Å². The average molecular weight is 202 g/mol. The molecule has 13 heavy (non-hydrogen) atoms. The zero-order valence-corrected chi connectivity index (χ0v) is 7.71. The predicted molar refractivity (Wildman–Crippen MR) is 47.2 cm³/mol. The van der Waals surface area contributed by atoms with E-state index in [1.807, 2.05) is 5.38 Å². The quantitative estimate of drug-likeness (QED) is 0.641. The Hall–Kier alpha value is -1.21. The number of carbonyl (C=O) groups is 1. The molecule has 0 bridgehead atoms. The molecule has 0 saturated carbocycles. The van der Waals surface area contributed by atoms with Crippen molar-refractivity contribution in [3.63, 3.8) is 0 Å². The van der Waals surface area contributed by atoms with Crippen LogP contribution in [-0.2, 0) is 11.3 Å². The Balaban J connectivity index is 1.99. The topological polar surface area (TPSA) is 90.1 Å². The number of primary amides is 1. The van der Waals surface area contributed by atoms with E-state index in [1.165, 1.54) is 11.5 Å². The Morgan fingerprint density at radius 2 is 2.62 bits per heavy atom. The minimum atomic E-state index is -0.753. The molecule has 72 valence electrons. The molecule has 0 fully saturated rings. The fourth-order valence-electron chi connectivity index (χ4n) is 0.701. The Morgan fingerprint density at radius 3 is 3.23 bits per heavy atom. The fourth-order valence-corrected chi connectivity index (χ4v) is 1.15. The van der Waals surface area contributed by atoms with Crippen LogP contribution in [-0.4, -0.2) is 28.8 Å². The van der Waals surface area contributed by atoms with Crippen molar-refractivity contribution in [3.8, 4) is 0 Å². The summed E-state index contributed by atoms with van der Waals surface area (Å²) in [6, 6.07) is 0. The molecule has 1 aromatic rings. The number of hydrogen-bond acceptors (Lipinski definition) is 6. The molecule has 0 aromatic carbocycles. The highest BCUT2D eigenvalue weighted by molar-refractivity contribution is 7.03. The summed E-state index contributed by atoms with van der Waals surface area (Å²) >= 11 is 1.30. The lowest BCUT2D eigenvalue weighted by Gasteiger charge is -2.01. The average Bonchev–Trinajstić information content (AvgIpc) is 2.55. The van der Waals surface area contributed by atoms with Crippen molar-refractivity contribution < 1.29 is 9.53 Å². The first-order valence-electron chi connectivity index (χ1n) is 3.68. The van der Waals surface area contributed by atoms with Crippen LogP contribution < -0.4 is 11.1 Å². The second-order valence-corrected chi connectivity index (χ2v) is 2.85. The maximum atomic E-state index is 10.1. The smallest absolute Gasteiger partial charge is 0.404 e. The molecule has 1 amide bonds. The van der Waals surface area contributed by atoms with E-state index in [-0.39, 0.29) is 6.61 Å². The standard InChI is InChI=1S/C6H10N4O2S/c7-6(11)12-2-1-8-3-5-4-13-10-9-5/h4,8H,1-3H2,(H2,7,11). The molecule has 0 radical (unpaired) electrons. The van der Waals surface area contributed by atoms with E-state index in [2.05, 4.69) is 19.6 Å². The summed E-state index contributed by atoms with van der Waals surface area (Å²) in [5.74, 6) is 0. The van der Waals surface area contributed by atoms with Crippen LogP contribution in [0.25, 0.3) is 0 Å². The highest BCUT2D eigenvalue weighted by Crippen LogP contribution is 1.94. The van der Waals surface area contributed by atoms with Gasteiger partial charge in [-0.15, -0.1) is 5.10 Å². The van der Waals surface area contributed by atoms with Crippen LogP contribution in [0, 0.1) is 0 Å². The van der Waals surface area contributed by atoms with Gasteiger partial charge >= 0.3 is 6.09 Å². The van der Waals surface area contributed by atoms with E-state index < -0.39 is 6.09 Å². The summed E-state index contributed by atoms with van der Waals surface area (Å²) in [4.78, 5) is 10.1. The van der Waals surface area contributed by atoms with Crippen LogP contribution in [0.1, 0.15) is 5.69 Å². The molecule has 0 saturated heterocycles. The first kappa shape index (κ1) is 9.87. The van der Waals surface area contributed by atoms with Gasteiger partial charge in [0, 0.05) is 18.5 Å².